The first-order valence-corrected chi connectivity index (χ1v) is 8.90. The molecule has 0 unspecified atom stereocenters. The Labute approximate surface area is 181 Å². The summed E-state index contributed by atoms with van der Waals surface area (Å²) in [6.07, 6.45) is 0.852. The third kappa shape index (κ3) is 6.23. The predicted octanol–water partition coefficient (Wildman–Crippen LogP) is 3.59. The maximum atomic E-state index is 14.1. The monoisotopic (exact) mass is 500 g/mol. The van der Waals surface area contributed by atoms with Crippen LogP contribution in [0.15, 0.2) is 41.4 Å². The molecule has 0 aliphatic carbocycles. The van der Waals surface area contributed by atoms with Gasteiger partial charge in [0.1, 0.15) is 5.82 Å². The number of fused-ring (bicyclic) bond motifs is 1. The van der Waals surface area contributed by atoms with Gasteiger partial charge in [0, 0.05) is 30.3 Å². The van der Waals surface area contributed by atoms with E-state index < -0.39 is 0 Å². The van der Waals surface area contributed by atoms with Gasteiger partial charge < -0.3 is 25.4 Å². The number of nitrogens with one attached hydrogen (secondary N) is 1. The minimum absolute atomic E-state index is 0. The van der Waals surface area contributed by atoms with Crippen molar-refractivity contribution in [3.05, 3.63) is 53.3 Å². The summed E-state index contributed by atoms with van der Waals surface area (Å²) < 4.78 is 25.4. The fourth-order valence-corrected chi connectivity index (χ4v) is 2.76. The number of nitrogens with zero attached hydrogens (tertiary/aromatic N) is 2. The van der Waals surface area contributed by atoms with Gasteiger partial charge in [0.25, 0.3) is 0 Å². The third-order valence-corrected chi connectivity index (χ3v) is 4.06. The molecule has 1 heterocycles. The van der Waals surface area contributed by atoms with E-state index in [1.165, 1.54) is 6.07 Å². The highest BCUT2D eigenvalue weighted by Crippen LogP contribution is 2.32. The molecule has 1 aliphatic heterocycles. The number of hydrogen-bond acceptors (Lipinski definition) is 4. The second kappa shape index (κ2) is 10.5. The van der Waals surface area contributed by atoms with Crippen molar-refractivity contribution in [2.75, 3.05) is 32.6 Å². The fraction of sp³-hybridized carbons (Fsp3) is 0.350. The van der Waals surface area contributed by atoms with Crippen LogP contribution in [0.4, 0.5) is 10.1 Å². The van der Waals surface area contributed by atoms with E-state index in [1.807, 2.05) is 43.3 Å². The molecule has 0 saturated carbocycles. The van der Waals surface area contributed by atoms with E-state index in [1.54, 1.807) is 6.07 Å². The summed E-state index contributed by atoms with van der Waals surface area (Å²) in [7, 11) is 3.81. The van der Waals surface area contributed by atoms with E-state index in [9.17, 15) is 4.39 Å². The maximum absolute atomic E-state index is 14.1. The van der Waals surface area contributed by atoms with Gasteiger partial charge in [-0.1, -0.05) is 12.1 Å². The van der Waals surface area contributed by atoms with Gasteiger partial charge in [0.05, 0.1) is 19.8 Å². The van der Waals surface area contributed by atoms with Gasteiger partial charge in [-0.15, -0.1) is 24.0 Å². The first kappa shape index (κ1) is 22.2. The molecular weight excluding hydrogens is 474 g/mol. The molecule has 0 amide bonds. The van der Waals surface area contributed by atoms with Gasteiger partial charge >= 0.3 is 0 Å². The van der Waals surface area contributed by atoms with Gasteiger partial charge in [-0.2, -0.15) is 0 Å². The molecule has 0 fully saturated rings. The molecule has 3 N–H and O–H groups in total. The summed E-state index contributed by atoms with van der Waals surface area (Å²) >= 11 is 0. The predicted molar refractivity (Wildman–Crippen MR) is 120 cm³/mol. The highest BCUT2D eigenvalue weighted by Gasteiger charge is 2.11. The molecule has 0 spiro atoms. The van der Waals surface area contributed by atoms with Crippen molar-refractivity contribution >= 4 is 35.6 Å². The summed E-state index contributed by atoms with van der Waals surface area (Å²) in [4.78, 5) is 6.21. The Hall–Kier alpha value is -2.07. The average Bonchev–Trinajstić information content (AvgIpc) is 2.86. The number of aliphatic imine (C=N–C) groups is 1. The smallest absolute Gasteiger partial charge is 0.193 e. The average molecular weight is 500 g/mol. The highest BCUT2D eigenvalue weighted by atomic mass is 127. The van der Waals surface area contributed by atoms with Crippen LogP contribution in [0.25, 0.3) is 0 Å². The topological polar surface area (TPSA) is 72.1 Å². The number of hydrogen-bond donors (Lipinski definition) is 2. The van der Waals surface area contributed by atoms with E-state index in [-0.39, 0.29) is 35.8 Å². The number of guanidine groups is 1. The van der Waals surface area contributed by atoms with Crippen molar-refractivity contribution in [1.82, 2.24) is 4.90 Å². The van der Waals surface area contributed by atoms with Crippen LogP contribution in [0.5, 0.6) is 11.5 Å². The maximum Gasteiger partial charge on any atom is 0.193 e. The van der Waals surface area contributed by atoms with Crippen LogP contribution in [-0.4, -0.2) is 38.2 Å². The first-order valence-electron chi connectivity index (χ1n) is 8.90. The summed E-state index contributed by atoms with van der Waals surface area (Å²) in [6, 6.07) is 10.7. The van der Waals surface area contributed by atoms with Gasteiger partial charge in [-0.25, -0.2) is 9.38 Å². The number of rotatable bonds is 5. The molecule has 152 valence electrons. The van der Waals surface area contributed by atoms with E-state index in [0.29, 0.717) is 37.6 Å². The van der Waals surface area contributed by atoms with Gasteiger partial charge in [-0.05, 0) is 37.9 Å². The van der Waals surface area contributed by atoms with Crippen molar-refractivity contribution < 1.29 is 13.9 Å². The Bertz CT molecular complexity index is 830. The Morgan fingerprint density at radius 3 is 2.61 bits per heavy atom. The lowest BCUT2D eigenvalue weighted by molar-refractivity contribution is 0.297. The zero-order valence-electron chi connectivity index (χ0n) is 16.1. The molecule has 2 aromatic carbocycles. The Kier molecular flexibility index (Phi) is 8.31. The number of nitrogens with two attached hydrogens (primary N) is 1. The molecular formula is C20H26FIN4O2. The lowest BCUT2D eigenvalue weighted by atomic mass is 10.1. The highest BCUT2D eigenvalue weighted by molar-refractivity contribution is 14.0. The van der Waals surface area contributed by atoms with E-state index in [4.69, 9.17) is 15.2 Å². The van der Waals surface area contributed by atoms with Crippen molar-refractivity contribution in [3.8, 4) is 11.5 Å². The summed E-state index contributed by atoms with van der Waals surface area (Å²) in [5, 5.41) is 3.03. The van der Waals surface area contributed by atoms with Crippen molar-refractivity contribution in [2.45, 2.75) is 19.5 Å². The number of ether oxygens (including phenoxy) is 2. The molecule has 0 radical (unpaired) electrons. The van der Waals surface area contributed by atoms with Crippen LogP contribution in [0.2, 0.25) is 0 Å². The zero-order chi connectivity index (χ0) is 19.2. The van der Waals surface area contributed by atoms with Crippen LogP contribution < -0.4 is 20.5 Å². The van der Waals surface area contributed by atoms with E-state index in [0.717, 1.165) is 23.4 Å². The van der Waals surface area contributed by atoms with Crippen LogP contribution in [0.3, 0.4) is 0 Å². The molecule has 0 saturated heterocycles. The standard InChI is InChI=1S/C20H25FN4O2.HI/c1-25(2)13-15-5-4-14(10-17(15)21)12-23-20(22)24-16-6-7-18-19(11-16)27-9-3-8-26-18;/h4-7,10-11H,3,8-9,12-13H2,1-2H3,(H3,22,23,24);1H. The summed E-state index contributed by atoms with van der Waals surface area (Å²) in [5.41, 5.74) is 8.14. The largest absolute Gasteiger partial charge is 0.490 e. The minimum atomic E-state index is -0.231. The molecule has 2 aromatic rings. The molecule has 0 bridgehead atoms. The van der Waals surface area contributed by atoms with Gasteiger partial charge in [0.2, 0.25) is 0 Å². The molecule has 28 heavy (non-hydrogen) atoms. The van der Waals surface area contributed by atoms with E-state index in [2.05, 4.69) is 10.3 Å². The second-order valence-electron chi connectivity index (χ2n) is 6.70. The lowest BCUT2D eigenvalue weighted by Gasteiger charge is -2.12. The SMILES string of the molecule is CN(C)Cc1ccc(CN=C(N)Nc2ccc3c(c2)OCCCO3)cc1F.I. The fourth-order valence-electron chi connectivity index (χ4n) is 2.76. The van der Waals surface area contributed by atoms with Crippen LogP contribution in [0, 0.1) is 5.82 Å². The quantitative estimate of drug-likeness (QED) is 0.373. The van der Waals surface area contributed by atoms with Crippen molar-refractivity contribution in [3.63, 3.8) is 0 Å². The molecule has 0 atom stereocenters. The summed E-state index contributed by atoms with van der Waals surface area (Å²) in [6.45, 7) is 2.12. The van der Waals surface area contributed by atoms with Gasteiger partial charge in [0.15, 0.2) is 17.5 Å². The number of halogens is 2. The van der Waals surface area contributed by atoms with Crippen LogP contribution >= 0.6 is 24.0 Å². The summed E-state index contributed by atoms with van der Waals surface area (Å²) in [5.74, 6) is 1.43. The number of anilines is 1. The number of benzene rings is 2. The molecule has 8 heteroatoms. The van der Waals surface area contributed by atoms with Crippen LogP contribution in [0.1, 0.15) is 17.5 Å². The molecule has 1 aliphatic rings. The van der Waals surface area contributed by atoms with Crippen molar-refractivity contribution in [2.24, 2.45) is 10.7 Å². The van der Waals surface area contributed by atoms with Gasteiger partial charge in [-0.3, -0.25) is 0 Å². The zero-order valence-corrected chi connectivity index (χ0v) is 18.4. The second-order valence-corrected chi connectivity index (χ2v) is 6.70. The molecule has 6 nitrogen and oxygen atoms in total. The molecule has 3 rings (SSSR count). The molecule has 0 aromatic heterocycles. The van der Waals surface area contributed by atoms with Crippen molar-refractivity contribution in [1.29, 1.82) is 0 Å². The Morgan fingerprint density at radius 1 is 1.14 bits per heavy atom. The third-order valence-electron chi connectivity index (χ3n) is 4.06. The first-order chi connectivity index (χ1) is 13.0. The van der Waals surface area contributed by atoms with E-state index >= 15 is 0 Å². The van der Waals surface area contributed by atoms with Crippen LogP contribution in [-0.2, 0) is 13.1 Å². The minimum Gasteiger partial charge on any atom is -0.490 e. The lowest BCUT2D eigenvalue weighted by Crippen LogP contribution is -2.22. The normalized spacial score (nSPS) is 13.6. The Balaban J connectivity index is 0.00000280. The Morgan fingerprint density at radius 2 is 1.89 bits per heavy atom.